The van der Waals surface area contributed by atoms with Gasteiger partial charge in [-0.05, 0) is 0 Å². The molecule has 0 radical (unpaired) electrons. The molecule has 1 fully saturated rings. The Kier molecular flexibility index (Phi) is 8.26. The van der Waals surface area contributed by atoms with Crippen LogP contribution in [0.4, 0.5) is 4.39 Å². The number of benzene rings is 1. The molecule has 26 heavy (non-hydrogen) atoms. The molecule has 2 unspecified atom stereocenters. The van der Waals surface area contributed by atoms with E-state index in [4.69, 9.17) is 10.00 Å². The van der Waals surface area contributed by atoms with Gasteiger partial charge in [0.05, 0.1) is 0 Å². The van der Waals surface area contributed by atoms with E-state index in [1.165, 1.54) is 19.1 Å². The Hall–Kier alpha value is -2.40. The molecule has 0 bridgehead atoms. The molecule has 1 aliphatic heterocycles. The Morgan fingerprint density at radius 2 is 2.23 bits per heavy atom. The third kappa shape index (κ3) is 4.61. The summed E-state index contributed by atoms with van der Waals surface area (Å²) in [6.07, 6.45) is 1.16. The van der Waals surface area contributed by atoms with Crippen LogP contribution < -0.4 is 5.32 Å². The van der Waals surface area contributed by atoms with Crippen LogP contribution in [0.5, 0.6) is 5.75 Å². The summed E-state index contributed by atoms with van der Waals surface area (Å²) in [4.78, 5) is 13.3. The number of aldehydes is 1. The quantitative estimate of drug-likeness (QED) is 0.609. The predicted molar refractivity (Wildman–Crippen MR) is 99.3 cm³/mol. The zero-order chi connectivity index (χ0) is 19.7. The molecule has 0 saturated carbocycles. The summed E-state index contributed by atoms with van der Waals surface area (Å²) in [7, 11) is 3.45. The van der Waals surface area contributed by atoms with Crippen molar-refractivity contribution in [2.45, 2.75) is 25.8 Å². The number of ether oxygens (including phenoxy) is 1. The van der Waals surface area contributed by atoms with Crippen LogP contribution >= 0.6 is 0 Å². The molecule has 1 saturated heterocycles. The fraction of sp³-hybridized carbons (Fsp3) is 0.500. The number of hydrogen-bond acceptors (Lipinski definition) is 6. The Balaban J connectivity index is 0.00000163. The Bertz CT molecular complexity index is 691. The van der Waals surface area contributed by atoms with Gasteiger partial charge in [-0.15, -0.1) is 0 Å². The molecule has 0 aromatic heterocycles. The number of nitriles is 1. The van der Waals surface area contributed by atoms with Crippen molar-refractivity contribution in [2.75, 3.05) is 27.3 Å². The summed E-state index contributed by atoms with van der Waals surface area (Å²) in [5.74, 6) is 0.674. The molecular weight excluding hydrogens is 336 g/mol. The van der Waals surface area contributed by atoms with Gasteiger partial charge in [0.2, 0.25) is 0 Å². The van der Waals surface area contributed by atoms with Gasteiger partial charge in [-0.25, -0.2) is 0 Å². The van der Waals surface area contributed by atoms with Gasteiger partial charge in [0.25, 0.3) is 0 Å². The van der Waals surface area contributed by atoms with Gasteiger partial charge in [-0.3, -0.25) is 0 Å². The fourth-order valence-electron chi connectivity index (χ4n) is 2.88. The number of carbonyl (C=O) groups excluding carboxylic acids is 1. The maximum atomic E-state index is 14.5. The number of phenolic OH excluding ortho intramolecular Hbond substituents is 1. The molecule has 2 N–H and O–H groups in total. The number of carbonyl (C=O) groups is 1. The molecule has 0 aliphatic carbocycles. The van der Waals surface area contributed by atoms with Crippen LogP contribution in [0.15, 0.2) is 18.2 Å². The molecule has 0 amide bonds. The van der Waals surface area contributed by atoms with Gasteiger partial charge in [0.15, 0.2) is 0 Å². The van der Waals surface area contributed by atoms with Crippen LogP contribution in [-0.4, -0.2) is 56.2 Å². The summed E-state index contributed by atoms with van der Waals surface area (Å²) < 4.78 is 20.1. The SMILES string of the molecule is CC.CN(C)C(=BC#N)NC1(c2cc(O)ccc2F)COCCC1C=O. The van der Waals surface area contributed by atoms with Gasteiger partial charge in [0.1, 0.15) is 0 Å². The number of nitrogens with one attached hydrogen (secondary N) is 1. The number of hydrogen-bond donors (Lipinski definition) is 2. The Morgan fingerprint density at radius 3 is 2.81 bits per heavy atom. The van der Waals surface area contributed by atoms with Gasteiger partial charge in [0, 0.05) is 0 Å². The van der Waals surface area contributed by atoms with E-state index in [2.05, 4.69) is 5.32 Å². The molecule has 140 valence electrons. The molecule has 1 aliphatic rings. The number of rotatable bonds is 5. The standard InChI is InChI=1S/C16H19BFN3O3.C2H6/c1-21(2)15(17-10-19)20-16(9-24-6-5-11(16)8-22)13-7-12(23)3-4-14(13)18;1-2/h3-4,7-8,11,20,23H,5-6,9H2,1-2H3;1-2H3. The topological polar surface area (TPSA) is 85.6 Å². The van der Waals surface area contributed by atoms with Crippen LogP contribution in [0.25, 0.3) is 0 Å². The fourth-order valence-corrected chi connectivity index (χ4v) is 2.88. The van der Waals surface area contributed by atoms with E-state index in [0.29, 0.717) is 18.7 Å². The second-order valence-electron chi connectivity index (χ2n) is 5.90. The van der Waals surface area contributed by atoms with Crippen molar-refractivity contribution in [3.8, 4) is 11.7 Å². The third-order valence-corrected chi connectivity index (χ3v) is 4.16. The van der Waals surface area contributed by atoms with E-state index < -0.39 is 17.3 Å². The average molecular weight is 361 g/mol. The zero-order valence-corrected chi connectivity index (χ0v) is 15.6. The first-order valence-corrected chi connectivity index (χ1v) is 8.52. The minimum absolute atomic E-state index is 0.0351. The maximum absolute atomic E-state index is 14.5. The molecule has 0 spiro atoms. The van der Waals surface area contributed by atoms with E-state index in [0.717, 1.165) is 12.4 Å². The average Bonchev–Trinajstić information content (AvgIpc) is 2.65. The predicted octanol–water partition coefficient (Wildman–Crippen LogP) is 1.41. The van der Waals surface area contributed by atoms with Crippen LogP contribution in [0, 0.1) is 23.0 Å². The van der Waals surface area contributed by atoms with Crippen molar-refractivity contribution in [1.82, 2.24) is 10.2 Å². The molecule has 1 heterocycles. The summed E-state index contributed by atoms with van der Waals surface area (Å²) in [5, 5.41) is 21.9. The van der Waals surface area contributed by atoms with E-state index in [1.54, 1.807) is 19.0 Å². The van der Waals surface area contributed by atoms with Crippen LogP contribution in [0.3, 0.4) is 0 Å². The zero-order valence-electron chi connectivity index (χ0n) is 15.6. The number of nitrogens with zero attached hydrogens (tertiary/aromatic N) is 2. The normalized spacial score (nSPS) is 22.2. The summed E-state index contributed by atoms with van der Waals surface area (Å²) >= 11 is 0. The van der Waals surface area contributed by atoms with E-state index >= 15 is 0 Å². The first kappa shape index (κ1) is 21.6. The van der Waals surface area contributed by atoms with Gasteiger partial charge in [-0.1, -0.05) is 13.8 Å². The molecule has 2 atom stereocenters. The molecular formula is C18H25BFN3O3. The second-order valence-corrected chi connectivity index (χ2v) is 5.90. The van der Waals surface area contributed by atoms with Crippen molar-refractivity contribution in [3.05, 3.63) is 29.6 Å². The third-order valence-electron chi connectivity index (χ3n) is 4.16. The van der Waals surface area contributed by atoms with Gasteiger partial charge >= 0.3 is 140 Å². The summed E-state index contributed by atoms with van der Waals surface area (Å²) in [6, 6.07) is 3.67. The second kappa shape index (κ2) is 9.93. The first-order chi connectivity index (χ1) is 12.4. The molecule has 2 rings (SSSR count). The monoisotopic (exact) mass is 361 g/mol. The van der Waals surface area contributed by atoms with Crippen LogP contribution in [0.1, 0.15) is 25.8 Å². The Morgan fingerprint density at radius 1 is 1.54 bits per heavy atom. The summed E-state index contributed by atoms with van der Waals surface area (Å²) in [5.41, 5.74) is -0.668. The molecule has 1 aromatic rings. The van der Waals surface area contributed by atoms with Crippen molar-refractivity contribution in [3.63, 3.8) is 0 Å². The van der Waals surface area contributed by atoms with Crippen LogP contribution in [0.2, 0.25) is 0 Å². The number of aromatic hydroxyl groups is 1. The number of halogens is 1. The van der Waals surface area contributed by atoms with E-state index in [9.17, 15) is 14.3 Å². The Labute approximate surface area is 154 Å². The van der Waals surface area contributed by atoms with Crippen molar-refractivity contribution < 1.29 is 19.0 Å². The van der Waals surface area contributed by atoms with E-state index in [1.807, 2.05) is 19.8 Å². The minimum atomic E-state index is -1.21. The summed E-state index contributed by atoms with van der Waals surface area (Å²) in [6.45, 7) is 5.69. The van der Waals surface area contributed by atoms with E-state index in [-0.39, 0.29) is 17.9 Å². The van der Waals surface area contributed by atoms with Crippen molar-refractivity contribution in [1.29, 1.82) is 5.26 Å². The molecule has 8 heteroatoms. The first-order valence-electron chi connectivity index (χ1n) is 8.52. The van der Waals surface area contributed by atoms with Gasteiger partial charge in [-0.2, -0.15) is 0 Å². The number of phenols is 1. The van der Waals surface area contributed by atoms with Crippen molar-refractivity contribution in [2.24, 2.45) is 5.92 Å². The van der Waals surface area contributed by atoms with Crippen molar-refractivity contribution >= 4 is 18.9 Å². The van der Waals surface area contributed by atoms with Gasteiger partial charge < -0.3 is 0 Å². The molecule has 1 aromatic carbocycles. The molecule has 6 nitrogen and oxygen atoms in total. The van der Waals surface area contributed by atoms with Crippen LogP contribution in [-0.2, 0) is 15.1 Å².